The van der Waals surface area contributed by atoms with Crippen LogP contribution in [0, 0.1) is 0 Å². The number of nitrogens with one attached hydrogen (secondary N) is 1. The molecule has 2 fully saturated rings. The highest BCUT2D eigenvalue weighted by Crippen LogP contribution is 2.13. The summed E-state index contributed by atoms with van der Waals surface area (Å²) < 4.78 is 0. The minimum Gasteiger partial charge on any atom is -0.317 e. The van der Waals surface area contributed by atoms with Gasteiger partial charge in [0.2, 0.25) is 0 Å². The SMILES string of the molecule is CNC1CCN(CN2CCCCC2)CC1. The van der Waals surface area contributed by atoms with E-state index in [1.807, 2.05) is 0 Å². The van der Waals surface area contributed by atoms with Crippen molar-refractivity contribution in [1.29, 1.82) is 0 Å². The Morgan fingerprint density at radius 1 is 0.933 bits per heavy atom. The lowest BCUT2D eigenvalue weighted by Crippen LogP contribution is -2.47. The summed E-state index contributed by atoms with van der Waals surface area (Å²) in [6.07, 6.45) is 6.91. The van der Waals surface area contributed by atoms with Crippen molar-refractivity contribution in [3.05, 3.63) is 0 Å². The molecule has 0 bridgehead atoms. The van der Waals surface area contributed by atoms with E-state index >= 15 is 0 Å². The second-order valence-electron chi connectivity index (χ2n) is 5.00. The Morgan fingerprint density at radius 2 is 1.53 bits per heavy atom. The van der Waals surface area contributed by atoms with Crippen LogP contribution in [0.3, 0.4) is 0 Å². The van der Waals surface area contributed by atoms with Gasteiger partial charge in [-0.2, -0.15) is 0 Å². The van der Waals surface area contributed by atoms with Gasteiger partial charge in [-0.3, -0.25) is 9.80 Å². The molecule has 0 unspecified atom stereocenters. The standard InChI is InChI=1S/C12H25N3/c1-13-12-5-9-15(10-6-12)11-14-7-3-2-4-8-14/h12-13H,2-11H2,1H3. The van der Waals surface area contributed by atoms with Crippen LogP contribution in [-0.4, -0.2) is 55.7 Å². The summed E-state index contributed by atoms with van der Waals surface area (Å²) >= 11 is 0. The zero-order valence-corrected chi connectivity index (χ0v) is 10.0. The van der Waals surface area contributed by atoms with Gasteiger partial charge in [0.25, 0.3) is 0 Å². The van der Waals surface area contributed by atoms with Gasteiger partial charge in [-0.25, -0.2) is 0 Å². The summed E-state index contributed by atoms with van der Waals surface area (Å²) in [4.78, 5) is 5.25. The first-order chi connectivity index (χ1) is 7.38. The Morgan fingerprint density at radius 3 is 2.13 bits per heavy atom. The van der Waals surface area contributed by atoms with Gasteiger partial charge in [0.1, 0.15) is 0 Å². The van der Waals surface area contributed by atoms with E-state index in [1.54, 1.807) is 0 Å². The van der Waals surface area contributed by atoms with Crippen molar-refractivity contribution in [3.63, 3.8) is 0 Å². The second kappa shape index (κ2) is 5.83. The molecule has 88 valence electrons. The largest absolute Gasteiger partial charge is 0.317 e. The van der Waals surface area contributed by atoms with E-state index in [1.165, 1.54) is 65.0 Å². The van der Waals surface area contributed by atoms with Crippen LogP contribution in [0.5, 0.6) is 0 Å². The van der Waals surface area contributed by atoms with Crippen molar-refractivity contribution in [3.8, 4) is 0 Å². The zero-order chi connectivity index (χ0) is 10.5. The number of nitrogens with zero attached hydrogens (tertiary/aromatic N) is 2. The zero-order valence-electron chi connectivity index (χ0n) is 10.0. The van der Waals surface area contributed by atoms with Crippen LogP contribution in [0.25, 0.3) is 0 Å². The first-order valence-electron chi connectivity index (χ1n) is 6.50. The third-order valence-corrected chi connectivity index (χ3v) is 3.84. The maximum absolute atomic E-state index is 3.39. The van der Waals surface area contributed by atoms with Crippen molar-refractivity contribution < 1.29 is 0 Å². The van der Waals surface area contributed by atoms with Crippen molar-refractivity contribution in [2.75, 3.05) is 39.9 Å². The molecule has 0 saturated carbocycles. The van der Waals surface area contributed by atoms with E-state index in [0.717, 1.165) is 6.04 Å². The molecule has 0 aliphatic carbocycles. The smallest absolute Gasteiger partial charge is 0.0506 e. The fraction of sp³-hybridized carbons (Fsp3) is 1.00. The van der Waals surface area contributed by atoms with Crippen LogP contribution in [0.15, 0.2) is 0 Å². The molecular weight excluding hydrogens is 186 g/mol. The predicted molar refractivity (Wildman–Crippen MR) is 63.9 cm³/mol. The van der Waals surface area contributed by atoms with E-state index in [0.29, 0.717) is 0 Å². The highest BCUT2D eigenvalue weighted by atomic mass is 15.3. The van der Waals surface area contributed by atoms with E-state index in [2.05, 4.69) is 22.2 Å². The highest BCUT2D eigenvalue weighted by molar-refractivity contribution is 4.76. The third-order valence-electron chi connectivity index (χ3n) is 3.84. The van der Waals surface area contributed by atoms with Crippen LogP contribution in [-0.2, 0) is 0 Å². The molecule has 3 nitrogen and oxygen atoms in total. The Hall–Kier alpha value is -0.120. The van der Waals surface area contributed by atoms with Gasteiger partial charge < -0.3 is 5.32 Å². The fourth-order valence-electron chi connectivity index (χ4n) is 2.75. The fourth-order valence-corrected chi connectivity index (χ4v) is 2.75. The molecule has 0 radical (unpaired) electrons. The van der Waals surface area contributed by atoms with Gasteiger partial charge >= 0.3 is 0 Å². The summed E-state index contributed by atoms with van der Waals surface area (Å²) in [5, 5.41) is 3.39. The molecule has 1 N–H and O–H groups in total. The lowest BCUT2D eigenvalue weighted by atomic mass is 10.1. The average molecular weight is 211 g/mol. The molecule has 2 aliphatic rings. The minimum atomic E-state index is 0.766. The summed E-state index contributed by atoms with van der Waals surface area (Å²) in [5.74, 6) is 0. The first kappa shape index (κ1) is 11.4. The van der Waals surface area contributed by atoms with Crippen LogP contribution >= 0.6 is 0 Å². The Balaban J connectivity index is 1.67. The Labute approximate surface area is 93.8 Å². The van der Waals surface area contributed by atoms with Crippen LogP contribution in [0.1, 0.15) is 32.1 Å². The Bertz CT molecular complexity index is 170. The molecule has 0 atom stereocenters. The maximum Gasteiger partial charge on any atom is 0.0506 e. The normalized spacial score (nSPS) is 27.0. The number of piperidine rings is 2. The van der Waals surface area contributed by atoms with Crippen molar-refractivity contribution in [1.82, 2.24) is 15.1 Å². The molecule has 2 aliphatic heterocycles. The van der Waals surface area contributed by atoms with Gasteiger partial charge in [-0.15, -0.1) is 0 Å². The lowest BCUT2D eigenvalue weighted by molar-refractivity contribution is 0.0900. The van der Waals surface area contributed by atoms with Gasteiger partial charge in [-0.1, -0.05) is 6.42 Å². The van der Waals surface area contributed by atoms with E-state index in [9.17, 15) is 0 Å². The second-order valence-corrected chi connectivity index (χ2v) is 5.00. The number of hydrogen-bond acceptors (Lipinski definition) is 3. The molecule has 15 heavy (non-hydrogen) atoms. The van der Waals surface area contributed by atoms with Crippen LogP contribution in [0.2, 0.25) is 0 Å². The van der Waals surface area contributed by atoms with Gasteiger partial charge in [0.05, 0.1) is 6.67 Å². The van der Waals surface area contributed by atoms with Gasteiger partial charge in [0, 0.05) is 19.1 Å². The summed E-state index contributed by atoms with van der Waals surface area (Å²) in [5.41, 5.74) is 0. The molecule has 0 aromatic carbocycles. The monoisotopic (exact) mass is 211 g/mol. The number of rotatable bonds is 3. The molecule has 2 saturated heterocycles. The first-order valence-corrected chi connectivity index (χ1v) is 6.50. The Kier molecular flexibility index (Phi) is 4.42. The molecular formula is C12H25N3. The van der Waals surface area contributed by atoms with E-state index in [4.69, 9.17) is 0 Å². The summed E-state index contributed by atoms with van der Waals surface area (Å²) in [7, 11) is 2.09. The van der Waals surface area contributed by atoms with E-state index in [-0.39, 0.29) is 0 Å². The molecule has 2 rings (SSSR count). The van der Waals surface area contributed by atoms with Gasteiger partial charge in [0.15, 0.2) is 0 Å². The molecule has 3 heteroatoms. The summed E-state index contributed by atoms with van der Waals surface area (Å²) in [6, 6.07) is 0.766. The lowest BCUT2D eigenvalue weighted by Gasteiger charge is -2.37. The van der Waals surface area contributed by atoms with Crippen molar-refractivity contribution in [2.24, 2.45) is 0 Å². The third kappa shape index (κ3) is 3.44. The highest BCUT2D eigenvalue weighted by Gasteiger charge is 2.20. The van der Waals surface area contributed by atoms with Crippen molar-refractivity contribution >= 4 is 0 Å². The number of hydrogen-bond donors (Lipinski definition) is 1. The van der Waals surface area contributed by atoms with E-state index < -0.39 is 0 Å². The summed E-state index contributed by atoms with van der Waals surface area (Å²) in [6.45, 7) is 6.43. The maximum atomic E-state index is 3.39. The van der Waals surface area contributed by atoms with Crippen LogP contribution < -0.4 is 5.32 Å². The number of likely N-dealkylation sites (tertiary alicyclic amines) is 2. The molecule has 0 aromatic rings. The quantitative estimate of drug-likeness (QED) is 0.754. The molecule has 0 aromatic heterocycles. The molecule has 2 heterocycles. The molecule has 0 spiro atoms. The molecule has 0 amide bonds. The topological polar surface area (TPSA) is 18.5 Å². The average Bonchev–Trinajstić information content (AvgIpc) is 2.31. The van der Waals surface area contributed by atoms with Gasteiger partial charge in [-0.05, 0) is 45.8 Å². The van der Waals surface area contributed by atoms with Crippen molar-refractivity contribution in [2.45, 2.75) is 38.1 Å². The predicted octanol–water partition coefficient (Wildman–Crippen LogP) is 1.11. The minimum absolute atomic E-state index is 0.766. The van der Waals surface area contributed by atoms with Crippen LogP contribution in [0.4, 0.5) is 0 Å².